The van der Waals surface area contributed by atoms with Crippen LogP contribution >= 0.6 is 0 Å². The van der Waals surface area contributed by atoms with Crippen molar-refractivity contribution in [3.8, 4) is 0 Å². The van der Waals surface area contributed by atoms with E-state index < -0.39 is 0 Å². The monoisotopic (exact) mass is 236 g/mol. The lowest BCUT2D eigenvalue weighted by Gasteiger charge is -2.07. The van der Waals surface area contributed by atoms with Crippen LogP contribution in [0.25, 0.3) is 0 Å². The molecule has 0 spiro atoms. The number of nitrogens with two attached hydrogens (primary N) is 1. The molecule has 1 aromatic heterocycles. The number of aliphatic imine (C=N–C) groups is 1. The maximum Gasteiger partial charge on any atom is 0.188 e. The Morgan fingerprint density at radius 3 is 3.06 bits per heavy atom. The molecule has 0 saturated heterocycles. The van der Waals surface area contributed by atoms with Gasteiger partial charge >= 0.3 is 0 Å². The molecule has 0 amide bonds. The summed E-state index contributed by atoms with van der Waals surface area (Å²) in [6, 6.07) is 0. The summed E-state index contributed by atoms with van der Waals surface area (Å²) in [7, 11) is 0. The van der Waals surface area contributed by atoms with Crippen LogP contribution in [0.3, 0.4) is 0 Å². The fraction of sp³-hybridized carbons (Fsp3) is 0.545. The topological polar surface area (TPSA) is 81.1 Å². The van der Waals surface area contributed by atoms with Crippen LogP contribution in [-0.4, -0.2) is 33.8 Å². The molecule has 1 heterocycles. The van der Waals surface area contributed by atoms with Gasteiger partial charge in [0.05, 0.1) is 6.54 Å². The van der Waals surface area contributed by atoms with E-state index in [-0.39, 0.29) is 0 Å². The van der Waals surface area contributed by atoms with Crippen LogP contribution in [0.5, 0.6) is 0 Å². The number of aryl methyl sites for hydroxylation is 1. The first-order chi connectivity index (χ1) is 8.13. The summed E-state index contributed by atoms with van der Waals surface area (Å²) < 4.78 is 2.00. The van der Waals surface area contributed by atoms with Crippen LogP contribution in [-0.2, 0) is 13.0 Å². The molecule has 3 N–H and O–H groups in total. The highest BCUT2D eigenvalue weighted by atomic mass is 15.3. The molecule has 0 saturated carbocycles. The van der Waals surface area contributed by atoms with Crippen LogP contribution in [0, 0.1) is 0 Å². The number of guanidine groups is 1. The molecule has 6 nitrogen and oxygen atoms in total. The summed E-state index contributed by atoms with van der Waals surface area (Å²) in [6.07, 6.45) is 2.60. The molecule has 0 fully saturated rings. The SMILES string of the molecule is C=C(C)CN=C(N)NCCn1cnnc1CC. The van der Waals surface area contributed by atoms with Gasteiger partial charge in [0, 0.05) is 19.5 Å². The zero-order valence-electron chi connectivity index (χ0n) is 10.5. The Balaban J connectivity index is 2.32. The van der Waals surface area contributed by atoms with Gasteiger partial charge in [-0.25, -0.2) is 4.99 Å². The first-order valence-corrected chi connectivity index (χ1v) is 5.68. The molecule has 0 unspecified atom stereocenters. The summed E-state index contributed by atoms with van der Waals surface area (Å²) in [6.45, 7) is 9.77. The summed E-state index contributed by atoms with van der Waals surface area (Å²) in [4.78, 5) is 4.13. The summed E-state index contributed by atoms with van der Waals surface area (Å²) in [5.74, 6) is 1.42. The molecule has 0 atom stereocenters. The number of rotatable bonds is 6. The standard InChI is InChI=1S/C11H20N6/c1-4-10-16-15-8-17(10)6-5-13-11(12)14-7-9(2)3/h8H,2,4-7H2,1,3H3,(H3,12,13,14). The van der Waals surface area contributed by atoms with E-state index in [9.17, 15) is 0 Å². The third-order valence-electron chi connectivity index (χ3n) is 2.19. The second-order valence-electron chi connectivity index (χ2n) is 3.88. The summed E-state index contributed by atoms with van der Waals surface area (Å²) >= 11 is 0. The van der Waals surface area contributed by atoms with E-state index in [1.807, 2.05) is 11.5 Å². The van der Waals surface area contributed by atoms with Crippen molar-refractivity contribution in [1.82, 2.24) is 20.1 Å². The van der Waals surface area contributed by atoms with Crippen LogP contribution < -0.4 is 11.1 Å². The Morgan fingerprint density at radius 1 is 1.65 bits per heavy atom. The molecule has 0 aliphatic rings. The molecular formula is C11H20N6. The minimum atomic E-state index is 0.444. The van der Waals surface area contributed by atoms with Gasteiger partial charge in [0.2, 0.25) is 0 Å². The number of nitrogens with one attached hydrogen (secondary N) is 1. The zero-order chi connectivity index (χ0) is 12.7. The fourth-order valence-corrected chi connectivity index (χ4v) is 1.32. The minimum absolute atomic E-state index is 0.444. The molecule has 0 aromatic carbocycles. The molecule has 1 aromatic rings. The van der Waals surface area contributed by atoms with E-state index in [2.05, 4.69) is 34.0 Å². The second kappa shape index (κ2) is 6.67. The van der Waals surface area contributed by atoms with Gasteiger partial charge in [-0.1, -0.05) is 19.1 Å². The van der Waals surface area contributed by atoms with Crippen molar-refractivity contribution in [2.24, 2.45) is 10.7 Å². The largest absolute Gasteiger partial charge is 0.370 e. The lowest BCUT2D eigenvalue weighted by atomic mass is 10.4. The van der Waals surface area contributed by atoms with Gasteiger partial charge in [-0.15, -0.1) is 10.2 Å². The molecule has 0 bridgehead atoms. The number of hydrogen-bond donors (Lipinski definition) is 2. The van der Waals surface area contributed by atoms with Crippen molar-refractivity contribution in [2.45, 2.75) is 26.8 Å². The Kier molecular flexibility index (Phi) is 5.19. The van der Waals surface area contributed by atoms with Crippen molar-refractivity contribution >= 4 is 5.96 Å². The van der Waals surface area contributed by atoms with Gasteiger partial charge in [0.25, 0.3) is 0 Å². The van der Waals surface area contributed by atoms with Crippen molar-refractivity contribution in [2.75, 3.05) is 13.1 Å². The van der Waals surface area contributed by atoms with E-state index >= 15 is 0 Å². The number of nitrogens with zero attached hydrogens (tertiary/aromatic N) is 4. The molecule has 0 aliphatic carbocycles. The maximum atomic E-state index is 5.69. The molecule has 17 heavy (non-hydrogen) atoms. The quantitative estimate of drug-likeness (QED) is 0.423. The highest BCUT2D eigenvalue weighted by Gasteiger charge is 2.00. The minimum Gasteiger partial charge on any atom is -0.370 e. The molecule has 6 heteroatoms. The number of hydrogen-bond acceptors (Lipinski definition) is 3. The first kappa shape index (κ1) is 13.2. The summed E-state index contributed by atoms with van der Waals surface area (Å²) in [5.41, 5.74) is 6.68. The van der Waals surface area contributed by atoms with E-state index in [0.717, 1.165) is 24.4 Å². The lowest BCUT2D eigenvalue weighted by molar-refractivity contribution is 0.638. The molecule has 0 aliphatic heterocycles. The van der Waals surface area contributed by atoms with Gasteiger partial charge in [-0.05, 0) is 6.92 Å². The first-order valence-electron chi connectivity index (χ1n) is 5.68. The lowest BCUT2D eigenvalue weighted by Crippen LogP contribution is -2.34. The van der Waals surface area contributed by atoms with Gasteiger partial charge in [-0.3, -0.25) is 0 Å². The normalized spacial score (nSPS) is 11.5. The van der Waals surface area contributed by atoms with Crippen molar-refractivity contribution in [1.29, 1.82) is 0 Å². The third-order valence-corrected chi connectivity index (χ3v) is 2.19. The molecule has 0 radical (unpaired) electrons. The summed E-state index contributed by atoms with van der Waals surface area (Å²) in [5, 5.41) is 10.9. The smallest absolute Gasteiger partial charge is 0.188 e. The van der Waals surface area contributed by atoms with E-state index in [1.54, 1.807) is 6.33 Å². The Morgan fingerprint density at radius 2 is 2.41 bits per heavy atom. The van der Waals surface area contributed by atoms with Crippen LogP contribution in [0.2, 0.25) is 0 Å². The highest BCUT2D eigenvalue weighted by Crippen LogP contribution is 1.94. The van der Waals surface area contributed by atoms with Crippen LogP contribution in [0.15, 0.2) is 23.5 Å². The average Bonchev–Trinajstić information content (AvgIpc) is 2.74. The van der Waals surface area contributed by atoms with Gasteiger partial charge in [-0.2, -0.15) is 0 Å². The molecule has 94 valence electrons. The maximum absolute atomic E-state index is 5.69. The molecular weight excluding hydrogens is 216 g/mol. The third kappa shape index (κ3) is 4.67. The highest BCUT2D eigenvalue weighted by molar-refractivity contribution is 5.77. The van der Waals surface area contributed by atoms with Crippen LogP contribution in [0.1, 0.15) is 19.7 Å². The zero-order valence-corrected chi connectivity index (χ0v) is 10.5. The predicted octanol–water partition coefficient (Wildman–Crippen LogP) is 0.321. The van der Waals surface area contributed by atoms with Crippen LogP contribution in [0.4, 0.5) is 0 Å². The Hall–Kier alpha value is -1.85. The fourth-order valence-electron chi connectivity index (χ4n) is 1.32. The van der Waals surface area contributed by atoms with E-state index in [1.165, 1.54) is 0 Å². The average molecular weight is 236 g/mol. The van der Waals surface area contributed by atoms with Crippen molar-refractivity contribution in [3.63, 3.8) is 0 Å². The van der Waals surface area contributed by atoms with Crippen molar-refractivity contribution in [3.05, 3.63) is 24.3 Å². The number of aromatic nitrogens is 3. The molecule has 1 rings (SSSR count). The predicted molar refractivity (Wildman–Crippen MR) is 68.7 cm³/mol. The Bertz CT molecular complexity index is 392. The van der Waals surface area contributed by atoms with Gasteiger partial charge < -0.3 is 15.6 Å². The second-order valence-corrected chi connectivity index (χ2v) is 3.88. The Labute approximate surface area is 102 Å². The van der Waals surface area contributed by atoms with E-state index in [0.29, 0.717) is 19.0 Å². The van der Waals surface area contributed by atoms with Crippen molar-refractivity contribution < 1.29 is 0 Å². The van der Waals surface area contributed by atoms with E-state index in [4.69, 9.17) is 5.73 Å². The van der Waals surface area contributed by atoms with Gasteiger partial charge in [0.1, 0.15) is 12.2 Å². The van der Waals surface area contributed by atoms with Gasteiger partial charge in [0.15, 0.2) is 5.96 Å².